The molecule has 1 aliphatic rings. The minimum Gasteiger partial charge on any atom is -0.479 e. The molecular formula is C15H18ClNO4. The van der Waals surface area contributed by atoms with Crippen LogP contribution in [0.25, 0.3) is 0 Å². The number of esters is 1. The molecule has 0 radical (unpaired) electrons. The quantitative estimate of drug-likeness (QED) is 0.819. The Morgan fingerprint density at radius 3 is 2.38 bits per heavy atom. The van der Waals surface area contributed by atoms with Gasteiger partial charge in [-0.05, 0) is 51.0 Å². The molecule has 0 spiro atoms. The van der Waals surface area contributed by atoms with Crippen LogP contribution in [0.15, 0.2) is 24.3 Å². The molecule has 0 bridgehead atoms. The van der Waals surface area contributed by atoms with Gasteiger partial charge in [-0.1, -0.05) is 11.6 Å². The van der Waals surface area contributed by atoms with Crippen LogP contribution in [-0.4, -0.2) is 30.1 Å². The maximum Gasteiger partial charge on any atom is 0.347 e. The summed E-state index contributed by atoms with van der Waals surface area (Å²) in [4.78, 5) is 23.6. The fourth-order valence-corrected chi connectivity index (χ4v) is 1.76. The van der Waals surface area contributed by atoms with E-state index in [-0.39, 0.29) is 11.9 Å². The number of carbonyl (C=O) groups excluding carboxylic acids is 2. The lowest BCUT2D eigenvalue weighted by Gasteiger charge is -2.17. The van der Waals surface area contributed by atoms with E-state index in [1.54, 1.807) is 38.1 Å². The normalized spacial score (nSPS) is 16.7. The molecular weight excluding hydrogens is 294 g/mol. The van der Waals surface area contributed by atoms with Gasteiger partial charge in [0.05, 0.1) is 0 Å². The van der Waals surface area contributed by atoms with E-state index in [2.05, 4.69) is 5.32 Å². The van der Waals surface area contributed by atoms with Gasteiger partial charge < -0.3 is 14.8 Å². The average Bonchev–Trinajstić information content (AvgIpc) is 3.25. The minimum absolute atomic E-state index is 0.237. The molecule has 1 amide bonds. The first-order chi connectivity index (χ1) is 9.95. The van der Waals surface area contributed by atoms with Gasteiger partial charge in [0, 0.05) is 11.1 Å². The van der Waals surface area contributed by atoms with E-state index in [0.717, 1.165) is 12.8 Å². The van der Waals surface area contributed by atoms with Gasteiger partial charge in [0.15, 0.2) is 12.2 Å². The number of amides is 1. The van der Waals surface area contributed by atoms with E-state index in [1.807, 2.05) is 0 Å². The second-order valence-electron chi connectivity index (χ2n) is 5.08. The Hall–Kier alpha value is -1.75. The number of rotatable bonds is 6. The molecule has 1 N–H and O–H groups in total. The number of hydrogen-bond donors (Lipinski definition) is 1. The highest BCUT2D eigenvalue weighted by molar-refractivity contribution is 6.30. The molecule has 0 heterocycles. The van der Waals surface area contributed by atoms with Crippen LogP contribution in [0.2, 0.25) is 5.02 Å². The van der Waals surface area contributed by atoms with Crippen molar-refractivity contribution in [2.75, 3.05) is 0 Å². The van der Waals surface area contributed by atoms with E-state index in [4.69, 9.17) is 21.1 Å². The van der Waals surface area contributed by atoms with Crippen LogP contribution < -0.4 is 10.1 Å². The van der Waals surface area contributed by atoms with E-state index in [0.29, 0.717) is 10.8 Å². The standard InChI is InChI=1S/C15H18ClNO4/c1-9(14(18)17-12-5-6-12)21-15(19)10(2)20-13-7-3-11(16)4-8-13/h3-4,7-10,12H,5-6H2,1-2H3,(H,17,18)/t9-,10-/m0/s1. The molecule has 1 aromatic rings. The summed E-state index contributed by atoms with van der Waals surface area (Å²) < 4.78 is 10.5. The second-order valence-corrected chi connectivity index (χ2v) is 5.51. The molecule has 0 aromatic heterocycles. The summed E-state index contributed by atoms with van der Waals surface area (Å²) in [5, 5.41) is 3.37. The van der Waals surface area contributed by atoms with Crippen molar-refractivity contribution in [3.05, 3.63) is 29.3 Å². The molecule has 21 heavy (non-hydrogen) atoms. The largest absolute Gasteiger partial charge is 0.479 e. The van der Waals surface area contributed by atoms with E-state index in [1.165, 1.54) is 0 Å². The maximum atomic E-state index is 11.9. The summed E-state index contributed by atoms with van der Waals surface area (Å²) in [6.07, 6.45) is 0.349. The van der Waals surface area contributed by atoms with Gasteiger partial charge in [0.25, 0.3) is 5.91 Å². The summed E-state index contributed by atoms with van der Waals surface area (Å²) in [6.45, 7) is 3.12. The summed E-state index contributed by atoms with van der Waals surface area (Å²) in [5.74, 6) is -0.341. The van der Waals surface area contributed by atoms with E-state index >= 15 is 0 Å². The first kappa shape index (κ1) is 15.6. The third kappa shape index (κ3) is 4.93. The SMILES string of the molecule is C[C@H](OC(=O)[C@H](C)Oc1ccc(Cl)cc1)C(=O)NC1CC1. The Kier molecular flexibility index (Phi) is 5.07. The summed E-state index contributed by atoms with van der Waals surface area (Å²) in [7, 11) is 0. The van der Waals surface area contributed by atoms with Crippen molar-refractivity contribution >= 4 is 23.5 Å². The number of benzene rings is 1. The number of halogens is 1. The fraction of sp³-hybridized carbons (Fsp3) is 0.467. The van der Waals surface area contributed by atoms with Crippen molar-refractivity contribution in [3.8, 4) is 5.75 Å². The number of nitrogens with one attached hydrogen (secondary N) is 1. The third-order valence-corrected chi connectivity index (χ3v) is 3.30. The number of ether oxygens (including phenoxy) is 2. The van der Waals surface area contributed by atoms with Gasteiger partial charge in [-0.15, -0.1) is 0 Å². The van der Waals surface area contributed by atoms with Gasteiger partial charge in [-0.3, -0.25) is 4.79 Å². The molecule has 5 nitrogen and oxygen atoms in total. The molecule has 1 aromatic carbocycles. The van der Waals surface area contributed by atoms with Crippen LogP contribution in [0.4, 0.5) is 0 Å². The average molecular weight is 312 g/mol. The third-order valence-electron chi connectivity index (χ3n) is 3.04. The Balaban J connectivity index is 1.80. The van der Waals surface area contributed by atoms with Gasteiger partial charge in [-0.2, -0.15) is 0 Å². The predicted molar refractivity (Wildman–Crippen MR) is 78.3 cm³/mol. The number of carbonyl (C=O) groups is 2. The second kappa shape index (κ2) is 6.80. The van der Waals surface area contributed by atoms with Crippen molar-refractivity contribution in [2.24, 2.45) is 0 Å². The lowest BCUT2D eigenvalue weighted by molar-refractivity contribution is -0.160. The molecule has 2 atom stereocenters. The topological polar surface area (TPSA) is 64.6 Å². The monoisotopic (exact) mass is 311 g/mol. The molecule has 1 aliphatic carbocycles. The molecule has 114 valence electrons. The van der Waals surface area contributed by atoms with Crippen LogP contribution in [0.1, 0.15) is 26.7 Å². The zero-order valence-electron chi connectivity index (χ0n) is 12.0. The summed E-state index contributed by atoms with van der Waals surface area (Å²) >= 11 is 5.77. The molecule has 0 saturated heterocycles. The molecule has 0 aliphatic heterocycles. The summed E-state index contributed by atoms with van der Waals surface area (Å²) in [6, 6.07) is 6.90. The van der Waals surface area contributed by atoms with E-state index < -0.39 is 18.2 Å². The smallest absolute Gasteiger partial charge is 0.347 e. The highest BCUT2D eigenvalue weighted by atomic mass is 35.5. The molecule has 1 saturated carbocycles. The highest BCUT2D eigenvalue weighted by Crippen LogP contribution is 2.19. The van der Waals surface area contributed by atoms with Crippen LogP contribution in [0, 0.1) is 0 Å². The van der Waals surface area contributed by atoms with Crippen LogP contribution in [-0.2, 0) is 14.3 Å². The minimum atomic E-state index is -0.825. The Morgan fingerprint density at radius 2 is 1.81 bits per heavy atom. The molecule has 2 rings (SSSR count). The Labute approximate surface area is 128 Å². The Bertz CT molecular complexity index is 513. The molecule has 0 unspecified atom stereocenters. The van der Waals surface area contributed by atoms with Gasteiger partial charge >= 0.3 is 5.97 Å². The zero-order chi connectivity index (χ0) is 15.4. The van der Waals surface area contributed by atoms with Crippen LogP contribution >= 0.6 is 11.6 Å². The lowest BCUT2D eigenvalue weighted by atomic mass is 10.3. The zero-order valence-corrected chi connectivity index (χ0v) is 12.7. The summed E-state index contributed by atoms with van der Waals surface area (Å²) in [5.41, 5.74) is 0. The van der Waals surface area contributed by atoms with Gasteiger partial charge in [0.1, 0.15) is 5.75 Å². The van der Waals surface area contributed by atoms with Gasteiger partial charge in [-0.25, -0.2) is 4.79 Å². The molecule has 6 heteroatoms. The molecule has 1 fully saturated rings. The highest BCUT2D eigenvalue weighted by Gasteiger charge is 2.28. The predicted octanol–water partition coefficient (Wildman–Crippen LogP) is 2.32. The van der Waals surface area contributed by atoms with Crippen LogP contribution in [0.3, 0.4) is 0 Å². The van der Waals surface area contributed by atoms with E-state index in [9.17, 15) is 9.59 Å². The lowest BCUT2D eigenvalue weighted by Crippen LogP contribution is -2.39. The fourth-order valence-electron chi connectivity index (χ4n) is 1.64. The van der Waals surface area contributed by atoms with Crippen molar-refractivity contribution < 1.29 is 19.1 Å². The Morgan fingerprint density at radius 1 is 1.19 bits per heavy atom. The number of hydrogen-bond acceptors (Lipinski definition) is 4. The van der Waals surface area contributed by atoms with Gasteiger partial charge in [0.2, 0.25) is 0 Å². The van der Waals surface area contributed by atoms with Crippen molar-refractivity contribution in [2.45, 2.75) is 44.9 Å². The van der Waals surface area contributed by atoms with Crippen molar-refractivity contribution in [1.82, 2.24) is 5.32 Å². The maximum absolute atomic E-state index is 11.9. The van der Waals surface area contributed by atoms with Crippen molar-refractivity contribution in [1.29, 1.82) is 0 Å². The first-order valence-corrected chi connectivity index (χ1v) is 7.26. The van der Waals surface area contributed by atoms with Crippen molar-refractivity contribution in [3.63, 3.8) is 0 Å². The first-order valence-electron chi connectivity index (χ1n) is 6.89. The van der Waals surface area contributed by atoms with Crippen LogP contribution in [0.5, 0.6) is 5.75 Å².